The molecule has 224 valence electrons. The van der Waals surface area contributed by atoms with E-state index in [-0.39, 0.29) is 29.0 Å². The topological polar surface area (TPSA) is 65.1 Å². The van der Waals surface area contributed by atoms with Crippen molar-refractivity contribution >= 4 is 34.8 Å². The zero-order chi connectivity index (χ0) is 30.4. The van der Waals surface area contributed by atoms with Crippen LogP contribution in [0.3, 0.4) is 0 Å². The number of allylic oxidation sites excluding steroid dienone is 4. The Labute approximate surface area is 258 Å². The first-order valence-electron chi connectivity index (χ1n) is 14.4. The molecule has 1 aliphatic heterocycles. The lowest BCUT2D eigenvalue weighted by Gasteiger charge is -2.49. The molecule has 2 aromatic rings. The minimum absolute atomic E-state index is 0.0942. The van der Waals surface area contributed by atoms with E-state index in [0.29, 0.717) is 47.5 Å². The molecular weight excluding hydrogens is 573 g/mol. The monoisotopic (exact) mass is 611 g/mol. The highest BCUT2D eigenvalue weighted by atomic mass is 35.5. The van der Waals surface area contributed by atoms with Gasteiger partial charge in [0.15, 0.2) is 23.1 Å². The molecule has 2 aromatic carbocycles. The Morgan fingerprint density at radius 1 is 0.810 bits per heavy atom. The van der Waals surface area contributed by atoms with Crippen LogP contribution in [0.15, 0.2) is 58.9 Å². The summed E-state index contributed by atoms with van der Waals surface area (Å²) in [6.45, 7) is 9.93. The van der Waals surface area contributed by atoms with Gasteiger partial charge in [0, 0.05) is 55.0 Å². The van der Waals surface area contributed by atoms with Crippen molar-refractivity contribution in [2.75, 3.05) is 27.4 Å². The van der Waals surface area contributed by atoms with Crippen LogP contribution in [0.4, 0.5) is 0 Å². The first kappa shape index (κ1) is 30.7. The summed E-state index contributed by atoms with van der Waals surface area (Å²) in [6, 6.07) is 11.1. The molecule has 0 aromatic heterocycles. The largest absolute Gasteiger partial charge is 0.493 e. The van der Waals surface area contributed by atoms with Crippen LogP contribution in [0, 0.1) is 10.8 Å². The summed E-state index contributed by atoms with van der Waals surface area (Å²) in [5, 5.41) is 0.949. The van der Waals surface area contributed by atoms with Crippen LogP contribution in [0.5, 0.6) is 11.5 Å². The van der Waals surface area contributed by atoms with Gasteiger partial charge in [0.05, 0.1) is 23.8 Å². The SMILES string of the molecule is COCCN1C2=C(C(=O)CC(C)(C)C2)C(c2ccc(OCc3ccc(Cl)c(Cl)c3)c(OC)c2)C2=C1CC(C)(C)CC2=O. The van der Waals surface area contributed by atoms with Gasteiger partial charge in [-0.2, -0.15) is 0 Å². The van der Waals surface area contributed by atoms with E-state index in [4.69, 9.17) is 37.4 Å². The Balaban J connectivity index is 1.60. The number of benzene rings is 2. The Hall–Kier alpha value is -2.80. The first-order chi connectivity index (χ1) is 19.8. The number of hydrogen-bond donors (Lipinski definition) is 0. The zero-order valence-electron chi connectivity index (χ0n) is 25.2. The molecule has 42 heavy (non-hydrogen) atoms. The van der Waals surface area contributed by atoms with Crippen molar-refractivity contribution in [3.63, 3.8) is 0 Å². The van der Waals surface area contributed by atoms with Crippen LogP contribution in [0.1, 0.15) is 70.4 Å². The molecule has 0 bridgehead atoms. The zero-order valence-corrected chi connectivity index (χ0v) is 26.7. The summed E-state index contributed by atoms with van der Waals surface area (Å²) in [4.78, 5) is 30.2. The average Bonchev–Trinajstić information content (AvgIpc) is 2.91. The smallest absolute Gasteiger partial charge is 0.162 e. The van der Waals surface area contributed by atoms with Gasteiger partial charge in [-0.1, -0.05) is 63.0 Å². The van der Waals surface area contributed by atoms with Crippen LogP contribution in [0.2, 0.25) is 10.0 Å². The Kier molecular flexibility index (Phi) is 8.54. The van der Waals surface area contributed by atoms with Crippen molar-refractivity contribution in [1.29, 1.82) is 0 Å². The van der Waals surface area contributed by atoms with Crippen molar-refractivity contribution in [3.8, 4) is 11.5 Å². The quantitative estimate of drug-likeness (QED) is 0.302. The number of nitrogens with zero attached hydrogens (tertiary/aromatic N) is 1. The average molecular weight is 613 g/mol. The molecule has 5 rings (SSSR count). The Morgan fingerprint density at radius 2 is 1.43 bits per heavy atom. The molecular formula is C34H39Cl2NO5. The number of Topliss-reactive ketones (excluding diaryl/α,β-unsaturated/α-hetero) is 2. The van der Waals surface area contributed by atoms with Gasteiger partial charge >= 0.3 is 0 Å². The third kappa shape index (κ3) is 5.99. The van der Waals surface area contributed by atoms with E-state index in [1.165, 1.54) is 0 Å². The molecule has 6 nitrogen and oxygen atoms in total. The summed E-state index contributed by atoms with van der Waals surface area (Å²) < 4.78 is 17.4. The van der Waals surface area contributed by atoms with Crippen LogP contribution in [-0.4, -0.2) is 43.8 Å². The van der Waals surface area contributed by atoms with Gasteiger partial charge in [0.1, 0.15) is 6.61 Å². The van der Waals surface area contributed by atoms with Crippen molar-refractivity contribution in [3.05, 3.63) is 80.1 Å². The Morgan fingerprint density at radius 3 is 1.98 bits per heavy atom. The predicted octanol–water partition coefficient (Wildman–Crippen LogP) is 7.91. The molecule has 0 amide bonds. The predicted molar refractivity (Wildman–Crippen MR) is 165 cm³/mol. The van der Waals surface area contributed by atoms with Crippen molar-refractivity contribution in [2.45, 2.75) is 65.9 Å². The third-order valence-electron chi connectivity index (χ3n) is 8.44. The lowest BCUT2D eigenvalue weighted by Crippen LogP contribution is -2.45. The molecule has 0 N–H and O–H groups in total. The second kappa shape index (κ2) is 11.7. The fraction of sp³-hybridized carbons (Fsp3) is 0.471. The second-order valence-corrected chi connectivity index (χ2v) is 13.9. The lowest BCUT2D eigenvalue weighted by molar-refractivity contribution is -0.119. The number of ether oxygens (including phenoxy) is 3. The van der Waals surface area contributed by atoms with E-state index < -0.39 is 5.92 Å². The first-order valence-corrected chi connectivity index (χ1v) is 15.1. The summed E-state index contributed by atoms with van der Waals surface area (Å²) in [5.41, 5.74) is 4.83. The van der Waals surface area contributed by atoms with Crippen LogP contribution in [-0.2, 0) is 20.9 Å². The maximum absolute atomic E-state index is 14.0. The van der Waals surface area contributed by atoms with E-state index in [0.717, 1.165) is 46.5 Å². The second-order valence-electron chi connectivity index (χ2n) is 13.1. The number of halogens is 2. The highest BCUT2D eigenvalue weighted by Gasteiger charge is 2.49. The summed E-state index contributed by atoms with van der Waals surface area (Å²) in [7, 11) is 3.27. The van der Waals surface area contributed by atoms with Gasteiger partial charge in [0.25, 0.3) is 0 Å². The number of methoxy groups -OCH3 is 2. The summed E-state index contributed by atoms with van der Waals surface area (Å²) in [6.07, 6.45) is 2.37. The highest BCUT2D eigenvalue weighted by Crippen LogP contribution is 2.54. The van der Waals surface area contributed by atoms with Crippen molar-refractivity contribution < 1.29 is 23.8 Å². The number of rotatable bonds is 8. The van der Waals surface area contributed by atoms with Crippen molar-refractivity contribution in [1.82, 2.24) is 4.90 Å². The maximum Gasteiger partial charge on any atom is 0.162 e. The summed E-state index contributed by atoms with van der Waals surface area (Å²) >= 11 is 12.2. The van der Waals surface area contributed by atoms with Gasteiger partial charge < -0.3 is 19.1 Å². The van der Waals surface area contributed by atoms with Crippen LogP contribution in [0.25, 0.3) is 0 Å². The minimum atomic E-state index is -0.459. The van der Waals surface area contributed by atoms with E-state index in [2.05, 4.69) is 32.6 Å². The molecule has 0 unspecified atom stereocenters. The van der Waals surface area contributed by atoms with Gasteiger partial charge in [-0.3, -0.25) is 9.59 Å². The third-order valence-corrected chi connectivity index (χ3v) is 9.18. The number of carbonyl (C=O) groups excluding carboxylic acids is 2. The Bertz CT molecular complexity index is 1430. The van der Waals surface area contributed by atoms with Crippen molar-refractivity contribution in [2.24, 2.45) is 10.8 Å². The molecule has 0 radical (unpaired) electrons. The molecule has 0 saturated heterocycles. The van der Waals surface area contributed by atoms with Gasteiger partial charge in [-0.05, 0) is 59.1 Å². The molecule has 2 aliphatic carbocycles. The molecule has 0 atom stereocenters. The maximum atomic E-state index is 14.0. The fourth-order valence-corrected chi connectivity index (χ4v) is 6.93. The number of hydrogen-bond acceptors (Lipinski definition) is 6. The minimum Gasteiger partial charge on any atom is -0.493 e. The normalized spacial score (nSPS) is 20.0. The van der Waals surface area contributed by atoms with Gasteiger partial charge in [0.2, 0.25) is 0 Å². The highest BCUT2D eigenvalue weighted by molar-refractivity contribution is 6.42. The molecule has 8 heteroatoms. The number of ketones is 2. The molecule has 0 fully saturated rings. The van der Waals surface area contributed by atoms with Crippen LogP contribution >= 0.6 is 23.2 Å². The molecule has 0 saturated carbocycles. The molecule has 0 spiro atoms. The molecule has 1 heterocycles. The lowest BCUT2D eigenvalue weighted by atomic mass is 9.63. The fourth-order valence-electron chi connectivity index (χ4n) is 6.61. The van der Waals surface area contributed by atoms with E-state index >= 15 is 0 Å². The van der Waals surface area contributed by atoms with E-state index in [9.17, 15) is 9.59 Å². The van der Waals surface area contributed by atoms with E-state index in [1.54, 1.807) is 26.4 Å². The van der Waals surface area contributed by atoms with E-state index in [1.807, 2.05) is 24.3 Å². The molecule has 3 aliphatic rings. The number of carbonyl (C=O) groups is 2. The van der Waals surface area contributed by atoms with Crippen LogP contribution < -0.4 is 9.47 Å². The summed E-state index contributed by atoms with van der Waals surface area (Å²) in [5.74, 6) is 0.818. The standard InChI is InChI=1S/C34H39Cl2NO5/c1-33(2)15-24-31(26(38)17-33)30(32-25(37(24)11-12-40-5)16-34(3,4)18-27(32)39)21-8-10-28(29(14-21)41-6)42-19-20-7-9-22(35)23(36)13-20/h7-10,13-14,30H,11-12,15-19H2,1-6H3. The van der Waals surface area contributed by atoms with Gasteiger partial charge in [-0.25, -0.2) is 0 Å². The van der Waals surface area contributed by atoms with Gasteiger partial charge in [-0.15, -0.1) is 0 Å².